The van der Waals surface area contributed by atoms with E-state index in [2.05, 4.69) is 4.98 Å². The van der Waals surface area contributed by atoms with Crippen LogP contribution in [0.15, 0.2) is 60.8 Å². The quantitative estimate of drug-likeness (QED) is 0.796. The number of carbonyl (C=O) groups is 2. The molecule has 1 N–H and O–H groups in total. The van der Waals surface area contributed by atoms with Crippen molar-refractivity contribution in [1.29, 1.82) is 0 Å². The number of aromatic amines is 1. The van der Waals surface area contributed by atoms with E-state index in [0.717, 1.165) is 22.0 Å². The third-order valence-electron chi connectivity index (χ3n) is 4.56. The van der Waals surface area contributed by atoms with Gasteiger partial charge in [0.25, 0.3) is 0 Å². The summed E-state index contributed by atoms with van der Waals surface area (Å²) in [5, 5.41) is 1.00. The molecule has 0 spiro atoms. The van der Waals surface area contributed by atoms with E-state index in [0.29, 0.717) is 6.42 Å². The maximum Gasteiger partial charge on any atom is 0.416 e. The molecule has 25 heavy (non-hydrogen) atoms. The minimum Gasteiger partial charge on any atom is -0.447 e. The van der Waals surface area contributed by atoms with E-state index in [-0.39, 0.29) is 25.0 Å². The van der Waals surface area contributed by atoms with Crippen LogP contribution < -0.4 is 0 Å². The van der Waals surface area contributed by atoms with Crippen molar-refractivity contribution in [2.75, 3.05) is 6.61 Å². The summed E-state index contributed by atoms with van der Waals surface area (Å²) in [6.45, 7) is 0.243. The fraction of sp³-hybridized carbons (Fsp3) is 0.200. The highest BCUT2D eigenvalue weighted by atomic mass is 16.6. The summed E-state index contributed by atoms with van der Waals surface area (Å²) in [6, 6.07) is 17.4. The number of amides is 2. The topological polar surface area (TPSA) is 62.4 Å². The molecule has 0 aliphatic carbocycles. The molecule has 1 aliphatic heterocycles. The van der Waals surface area contributed by atoms with E-state index in [1.807, 2.05) is 60.8 Å². The van der Waals surface area contributed by atoms with Crippen LogP contribution in [-0.2, 0) is 22.4 Å². The Bertz CT molecular complexity index is 917. The Kier molecular flexibility index (Phi) is 3.98. The number of nitrogens with zero attached hydrogens (tertiary/aromatic N) is 1. The molecule has 1 aromatic heterocycles. The Hall–Kier alpha value is -3.08. The molecule has 0 bridgehead atoms. The van der Waals surface area contributed by atoms with Gasteiger partial charge >= 0.3 is 6.09 Å². The van der Waals surface area contributed by atoms with E-state index in [1.54, 1.807) is 0 Å². The zero-order valence-corrected chi connectivity index (χ0v) is 13.6. The highest BCUT2D eigenvalue weighted by Gasteiger charge is 2.37. The summed E-state index contributed by atoms with van der Waals surface area (Å²) >= 11 is 0. The average molecular weight is 334 g/mol. The lowest BCUT2D eigenvalue weighted by Crippen LogP contribution is -2.41. The van der Waals surface area contributed by atoms with Crippen LogP contribution in [0.3, 0.4) is 0 Å². The molecular formula is C20H18N2O3. The van der Waals surface area contributed by atoms with E-state index in [9.17, 15) is 9.59 Å². The number of benzene rings is 2. The normalized spacial score (nSPS) is 17.0. The minimum atomic E-state index is -0.550. The van der Waals surface area contributed by atoms with Crippen LogP contribution >= 0.6 is 0 Å². The number of nitrogens with one attached hydrogen (secondary N) is 1. The van der Waals surface area contributed by atoms with Gasteiger partial charge in [-0.1, -0.05) is 48.5 Å². The monoisotopic (exact) mass is 334 g/mol. The van der Waals surface area contributed by atoms with Crippen LogP contribution in [0.2, 0.25) is 0 Å². The number of imide groups is 1. The predicted octanol–water partition coefficient (Wildman–Crippen LogP) is 3.30. The number of aromatic nitrogens is 1. The lowest BCUT2D eigenvalue weighted by molar-refractivity contribution is -0.128. The maximum atomic E-state index is 12.8. The molecule has 1 atom stereocenters. The van der Waals surface area contributed by atoms with Crippen LogP contribution in [0.4, 0.5) is 4.79 Å². The number of rotatable bonds is 4. The number of ether oxygens (including phenoxy) is 1. The minimum absolute atomic E-state index is 0.171. The molecule has 4 rings (SSSR count). The summed E-state index contributed by atoms with van der Waals surface area (Å²) in [4.78, 5) is 29.3. The second-order valence-electron chi connectivity index (χ2n) is 6.22. The second kappa shape index (κ2) is 6.43. The number of para-hydroxylation sites is 1. The molecule has 1 aliphatic rings. The first-order chi connectivity index (χ1) is 12.2. The van der Waals surface area contributed by atoms with Crippen molar-refractivity contribution in [3.05, 3.63) is 71.9 Å². The maximum absolute atomic E-state index is 12.8. The smallest absolute Gasteiger partial charge is 0.416 e. The fourth-order valence-electron chi connectivity index (χ4n) is 3.33. The summed E-state index contributed by atoms with van der Waals surface area (Å²) in [5.74, 6) is -0.229. The van der Waals surface area contributed by atoms with Gasteiger partial charge in [-0.2, -0.15) is 0 Å². The highest BCUT2D eigenvalue weighted by molar-refractivity contribution is 5.97. The molecule has 3 aromatic rings. The zero-order chi connectivity index (χ0) is 17.2. The molecule has 126 valence electrons. The van der Waals surface area contributed by atoms with Crippen molar-refractivity contribution in [3.8, 4) is 0 Å². The van der Waals surface area contributed by atoms with Crippen molar-refractivity contribution in [2.24, 2.45) is 0 Å². The summed E-state index contributed by atoms with van der Waals surface area (Å²) < 4.78 is 5.14. The van der Waals surface area contributed by atoms with E-state index in [4.69, 9.17) is 4.74 Å². The summed E-state index contributed by atoms with van der Waals surface area (Å²) in [6.07, 6.45) is 2.05. The largest absolute Gasteiger partial charge is 0.447 e. The first-order valence-electron chi connectivity index (χ1n) is 8.30. The van der Waals surface area contributed by atoms with Gasteiger partial charge in [-0.05, 0) is 23.6 Å². The fourth-order valence-corrected chi connectivity index (χ4v) is 3.33. The number of cyclic esters (lactones) is 1. The zero-order valence-electron chi connectivity index (χ0n) is 13.6. The number of hydrogen-bond acceptors (Lipinski definition) is 3. The second-order valence-corrected chi connectivity index (χ2v) is 6.22. The average Bonchev–Trinajstić information content (AvgIpc) is 3.20. The molecule has 1 saturated heterocycles. The van der Waals surface area contributed by atoms with Gasteiger partial charge in [-0.25, -0.2) is 9.69 Å². The van der Waals surface area contributed by atoms with E-state index in [1.165, 1.54) is 4.90 Å². The number of hydrogen-bond donors (Lipinski definition) is 1. The number of fused-ring (bicyclic) bond motifs is 1. The lowest BCUT2D eigenvalue weighted by Gasteiger charge is -2.19. The Morgan fingerprint density at radius 2 is 1.88 bits per heavy atom. The van der Waals surface area contributed by atoms with Crippen LogP contribution in [0.5, 0.6) is 0 Å². The van der Waals surface area contributed by atoms with Crippen LogP contribution in [-0.4, -0.2) is 34.5 Å². The molecule has 2 amide bonds. The summed E-state index contributed by atoms with van der Waals surface area (Å²) in [7, 11) is 0. The Balaban J connectivity index is 1.54. The third kappa shape index (κ3) is 3.01. The number of H-pyrrole nitrogens is 1. The molecule has 0 saturated carbocycles. The van der Waals surface area contributed by atoms with Crippen molar-refractivity contribution in [2.45, 2.75) is 18.9 Å². The van der Waals surface area contributed by atoms with E-state index >= 15 is 0 Å². The van der Waals surface area contributed by atoms with Crippen molar-refractivity contribution >= 4 is 22.9 Å². The predicted molar refractivity (Wildman–Crippen MR) is 94.1 cm³/mol. The molecule has 2 heterocycles. The molecule has 0 unspecified atom stereocenters. The van der Waals surface area contributed by atoms with E-state index < -0.39 is 6.09 Å². The lowest BCUT2D eigenvalue weighted by atomic mass is 10.0. The van der Waals surface area contributed by atoms with Gasteiger partial charge in [0.15, 0.2) is 0 Å². The Labute approximate surface area is 145 Å². The third-order valence-corrected chi connectivity index (χ3v) is 4.56. The Morgan fingerprint density at radius 1 is 1.12 bits per heavy atom. The SMILES string of the molecule is O=C(Cc1c[nH]c2ccccc12)N1C(=O)OC[C@@H]1Cc1ccccc1. The van der Waals surface area contributed by atoms with Gasteiger partial charge in [0, 0.05) is 17.1 Å². The van der Waals surface area contributed by atoms with Gasteiger partial charge in [0.05, 0.1) is 12.5 Å². The molecular weight excluding hydrogens is 316 g/mol. The molecule has 5 heteroatoms. The first kappa shape index (κ1) is 15.4. The van der Waals surface area contributed by atoms with Crippen molar-refractivity contribution < 1.29 is 14.3 Å². The van der Waals surface area contributed by atoms with Gasteiger partial charge in [0.2, 0.25) is 5.91 Å². The molecule has 2 aromatic carbocycles. The molecule has 5 nitrogen and oxygen atoms in total. The van der Waals surface area contributed by atoms with Gasteiger partial charge < -0.3 is 9.72 Å². The first-order valence-corrected chi connectivity index (χ1v) is 8.30. The van der Waals surface area contributed by atoms with Gasteiger partial charge in [0.1, 0.15) is 6.61 Å². The van der Waals surface area contributed by atoms with Gasteiger partial charge in [-0.3, -0.25) is 4.79 Å². The Morgan fingerprint density at radius 3 is 2.72 bits per heavy atom. The number of carbonyl (C=O) groups excluding carboxylic acids is 2. The van der Waals surface area contributed by atoms with Gasteiger partial charge in [-0.15, -0.1) is 0 Å². The van der Waals surface area contributed by atoms with Crippen LogP contribution in [0.1, 0.15) is 11.1 Å². The van der Waals surface area contributed by atoms with Crippen LogP contribution in [0.25, 0.3) is 10.9 Å². The van der Waals surface area contributed by atoms with Crippen molar-refractivity contribution in [1.82, 2.24) is 9.88 Å². The highest BCUT2D eigenvalue weighted by Crippen LogP contribution is 2.22. The van der Waals surface area contributed by atoms with Crippen LogP contribution in [0, 0.1) is 0 Å². The summed E-state index contributed by atoms with van der Waals surface area (Å²) in [5.41, 5.74) is 2.95. The standard InChI is InChI=1S/C20H18N2O3/c23-19(11-15-12-21-18-9-5-4-8-17(15)18)22-16(13-25-20(22)24)10-14-6-2-1-3-7-14/h1-9,12,16,21H,10-11,13H2/t16-/m0/s1. The molecule has 0 radical (unpaired) electrons. The van der Waals surface area contributed by atoms with Crippen molar-refractivity contribution in [3.63, 3.8) is 0 Å². The molecule has 1 fully saturated rings.